The lowest BCUT2D eigenvalue weighted by Gasteiger charge is -2.31. The van der Waals surface area contributed by atoms with Crippen molar-refractivity contribution in [3.05, 3.63) is 85.0 Å². The summed E-state index contributed by atoms with van der Waals surface area (Å²) in [6, 6.07) is 15.1. The van der Waals surface area contributed by atoms with E-state index in [1.54, 1.807) is 36.8 Å². The van der Waals surface area contributed by atoms with E-state index in [0.717, 1.165) is 0 Å². The summed E-state index contributed by atoms with van der Waals surface area (Å²) >= 11 is 0. The van der Waals surface area contributed by atoms with Crippen molar-refractivity contribution in [2.75, 3.05) is 62.3 Å². The van der Waals surface area contributed by atoms with Crippen LogP contribution in [-0.4, -0.2) is 157 Å². The Kier molecular flexibility index (Phi) is 17.9. The third-order valence-corrected chi connectivity index (χ3v) is 21.8. The standard InChI is InChI=1S/2C25H36N6O5SSi/c2*1-17(23-26-13-20(35-3)14-27-23)18(2)37(33,34)30(11-12-38(4,5)6)25-29-28-24-21-9-7-8-10-22(21)36-16-19(15-32)31(24)25/h2*7-10,13-14,17-19,32H,11-12,15-16H2,1-6H3/t17-,18-,19+;17-,18-,19-/m00/s1. The van der Waals surface area contributed by atoms with Gasteiger partial charge >= 0.3 is 0 Å². The van der Waals surface area contributed by atoms with E-state index < -0.39 is 70.6 Å². The molecular weight excluding hydrogens is 1050 g/mol. The third kappa shape index (κ3) is 12.5. The third-order valence-electron chi connectivity index (χ3n) is 13.7. The van der Waals surface area contributed by atoms with Gasteiger partial charge in [-0.25, -0.2) is 45.4 Å². The molecule has 0 amide bonds. The number of nitrogens with zero attached hydrogens (tertiary/aromatic N) is 12. The Morgan fingerprint density at radius 1 is 0.592 bits per heavy atom. The van der Waals surface area contributed by atoms with E-state index >= 15 is 0 Å². The Bertz CT molecular complexity index is 2930. The van der Waals surface area contributed by atoms with E-state index in [2.05, 4.69) is 79.6 Å². The minimum Gasteiger partial charge on any atom is -0.494 e. The molecule has 8 rings (SSSR count). The highest BCUT2D eigenvalue weighted by molar-refractivity contribution is 7.93. The van der Waals surface area contributed by atoms with Gasteiger partial charge in [-0.1, -0.05) is 77.4 Å². The average molecular weight is 1120 g/mol. The molecule has 0 aliphatic carbocycles. The molecule has 0 saturated carbocycles. The first-order valence-electron chi connectivity index (χ1n) is 25.3. The van der Waals surface area contributed by atoms with Crippen molar-refractivity contribution in [2.24, 2.45) is 0 Å². The number of benzene rings is 2. The van der Waals surface area contributed by atoms with Crippen LogP contribution in [0.5, 0.6) is 23.0 Å². The lowest BCUT2D eigenvalue weighted by atomic mass is 10.1. The van der Waals surface area contributed by atoms with Gasteiger partial charge in [-0.2, -0.15) is 0 Å². The zero-order valence-corrected chi connectivity index (χ0v) is 49.0. The molecule has 6 heterocycles. The molecule has 6 aromatic rings. The second-order valence-corrected chi connectivity index (χ2v) is 37.2. The normalized spacial score (nSPS) is 17.0. The molecule has 0 fully saturated rings. The van der Waals surface area contributed by atoms with E-state index in [4.69, 9.17) is 18.9 Å². The lowest BCUT2D eigenvalue weighted by molar-refractivity contribution is 0.172. The fourth-order valence-electron chi connectivity index (χ4n) is 8.52. The van der Waals surface area contributed by atoms with Crippen LogP contribution >= 0.6 is 0 Å². The first-order valence-corrected chi connectivity index (χ1v) is 35.7. The molecule has 2 aromatic carbocycles. The molecule has 26 heteroatoms. The van der Waals surface area contributed by atoms with E-state index in [-0.39, 0.29) is 51.4 Å². The molecule has 2 aliphatic heterocycles. The predicted octanol–water partition coefficient (Wildman–Crippen LogP) is 6.67. The number of rotatable bonds is 20. The highest BCUT2D eigenvalue weighted by atomic mass is 32.2. The van der Waals surface area contributed by atoms with Crippen LogP contribution in [0.3, 0.4) is 0 Å². The number of fused-ring (bicyclic) bond motifs is 6. The number of aliphatic hydroxyl groups excluding tert-OH is 2. The van der Waals surface area contributed by atoms with E-state index in [1.807, 2.05) is 48.5 Å². The number of aliphatic hydroxyl groups is 2. The van der Waals surface area contributed by atoms with Crippen molar-refractivity contribution in [1.29, 1.82) is 0 Å². The highest BCUT2D eigenvalue weighted by Gasteiger charge is 2.42. The molecule has 2 N–H and O–H groups in total. The number of methoxy groups -OCH3 is 2. The van der Waals surface area contributed by atoms with Crippen LogP contribution in [0.1, 0.15) is 63.3 Å². The van der Waals surface area contributed by atoms with Crippen LogP contribution in [0.2, 0.25) is 51.4 Å². The van der Waals surface area contributed by atoms with Gasteiger partial charge < -0.3 is 29.2 Å². The quantitative estimate of drug-likeness (QED) is 0.0756. The second-order valence-electron chi connectivity index (χ2n) is 21.5. The van der Waals surface area contributed by atoms with Crippen LogP contribution in [0.15, 0.2) is 73.3 Å². The summed E-state index contributed by atoms with van der Waals surface area (Å²) in [5, 5.41) is 36.4. The fourth-order valence-corrected chi connectivity index (χ4v) is 14.1. The summed E-state index contributed by atoms with van der Waals surface area (Å²) in [6.07, 6.45) is 6.12. The number of ether oxygens (including phenoxy) is 4. The Labute approximate surface area is 448 Å². The SMILES string of the molecule is COc1cnc([C@@H](C)[C@H](C)S(=O)(=O)N(CC[Si](C)(C)C)c2nnc3n2[C@@H](CO)COc2ccccc2-3)nc1.COc1cnc([C@@H](C)[C@H](C)S(=O)(=O)N(CC[Si](C)(C)C)c2nnc3n2[C@H](CO)COc2ccccc2-3)nc1. The van der Waals surface area contributed by atoms with Crippen molar-refractivity contribution < 1.29 is 46.0 Å². The molecule has 0 unspecified atom stereocenters. The summed E-state index contributed by atoms with van der Waals surface area (Å²) < 4.78 is 85.5. The summed E-state index contributed by atoms with van der Waals surface area (Å²) in [7, 11) is -8.19. The molecule has 76 heavy (non-hydrogen) atoms. The maximum Gasteiger partial charge on any atom is 0.241 e. The first-order chi connectivity index (χ1) is 35.9. The van der Waals surface area contributed by atoms with Gasteiger partial charge in [0.25, 0.3) is 0 Å². The first kappa shape index (κ1) is 57.6. The van der Waals surface area contributed by atoms with Gasteiger partial charge in [-0.15, -0.1) is 20.4 Å². The van der Waals surface area contributed by atoms with Crippen LogP contribution < -0.4 is 27.6 Å². The Morgan fingerprint density at radius 3 is 1.25 bits per heavy atom. The molecule has 22 nitrogen and oxygen atoms in total. The maximum atomic E-state index is 14.3. The lowest BCUT2D eigenvalue weighted by Crippen LogP contribution is -2.44. The zero-order chi connectivity index (χ0) is 55.3. The topological polar surface area (TPSA) is 265 Å². The highest BCUT2D eigenvalue weighted by Crippen LogP contribution is 2.40. The summed E-state index contributed by atoms with van der Waals surface area (Å²) in [4.78, 5) is 17.3. The van der Waals surface area contributed by atoms with Gasteiger partial charge in [0.15, 0.2) is 23.1 Å². The second kappa shape index (κ2) is 23.7. The Balaban J connectivity index is 0.000000221. The van der Waals surface area contributed by atoms with Crippen molar-refractivity contribution in [3.8, 4) is 45.8 Å². The molecule has 0 radical (unpaired) electrons. The minimum absolute atomic E-state index is 0.152. The van der Waals surface area contributed by atoms with E-state index in [9.17, 15) is 27.0 Å². The fraction of sp³-hybridized carbons (Fsp3) is 0.520. The van der Waals surface area contributed by atoms with Crippen LogP contribution in [0, 0.1) is 0 Å². The van der Waals surface area contributed by atoms with Crippen LogP contribution in [0.25, 0.3) is 22.8 Å². The summed E-state index contributed by atoms with van der Waals surface area (Å²) in [5.41, 5.74) is 1.38. The molecule has 4 aromatic heterocycles. The average Bonchev–Trinajstić information content (AvgIpc) is 3.97. The number of hydrogen-bond donors (Lipinski definition) is 2. The molecule has 6 atom stereocenters. The Hall–Kier alpha value is -6.07. The molecule has 2 aliphatic rings. The van der Waals surface area contributed by atoms with Gasteiger partial charge in [-0.05, 0) is 50.2 Å². The number of para-hydroxylation sites is 2. The van der Waals surface area contributed by atoms with Gasteiger partial charge in [0.2, 0.25) is 31.9 Å². The van der Waals surface area contributed by atoms with Gasteiger partial charge in [-0.3, -0.25) is 9.13 Å². The van der Waals surface area contributed by atoms with E-state index in [1.165, 1.54) is 47.6 Å². The Morgan fingerprint density at radius 2 is 0.934 bits per heavy atom. The van der Waals surface area contributed by atoms with Gasteiger partial charge in [0, 0.05) is 41.1 Å². The van der Waals surface area contributed by atoms with Gasteiger partial charge in [0.05, 0.1) is 85.9 Å². The van der Waals surface area contributed by atoms with Crippen molar-refractivity contribution >= 4 is 48.1 Å². The smallest absolute Gasteiger partial charge is 0.241 e. The number of sulfonamides is 2. The minimum atomic E-state index is -3.97. The van der Waals surface area contributed by atoms with Crippen molar-refractivity contribution in [3.63, 3.8) is 0 Å². The summed E-state index contributed by atoms with van der Waals surface area (Å²) in [6.45, 7) is 20.4. The molecule has 0 saturated heterocycles. The maximum absolute atomic E-state index is 14.3. The van der Waals surface area contributed by atoms with Crippen LogP contribution in [0.4, 0.5) is 11.9 Å². The molecule has 412 valence electrons. The van der Waals surface area contributed by atoms with Crippen molar-refractivity contribution in [2.45, 2.75) is 113 Å². The largest absolute Gasteiger partial charge is 0.494 e. The number of anilines is 2. The van der Waals surface area contributed by atoms with Gasteiger partial charge in [0.1, 0.15) is 36.4 Å². The number of hydrogen-bond acceptors (Lipinski definition) is 18. The summed E-state index contributed by atoms with van der Waals surface area (Å²) in [5.74, 6) is 3.27. The zero-order valence-electron chi connectivity index (χ0n) is 45.4. The molecule has 0 bridgehead atoms. The molecular formula is C50H72N12O10S2Si2. The van der Waals surface area contributed by atoms with Crippen molar-refractivity contribution in [1.82, 2.24) is 49.5 Å². The molecule has 0 spiro atoms. The monoisotopic (exact) mass is 1120 g/mol. The number of aromatic nitrogens is 10. The van der Waals surface area contributed by atoms with Crippen LogP contribution in [-0.2, 0) is 20.0 Å². The van der Waals surface area contributed by atoms with E-state index in [0.29, 0.717) is 69.5 Å². The predicted molar refractivity (Wildman–Crippen MR) is 296 cm³/mol.